The largest absolute Gasteiger partial charge is 0.483 e. The van der Waals surface area contributed by atoms with Gasteiger partial charge in [0.15, 0.2) is 13.2 Å². The maximum absolute atomic E-state index is 12.1. The first-order valence-electron chi connectivity index (χ1n) is 9.70. The molecule has 0 atom stereocenters. The Kier molecular flexibility index (Phi) is 6.92. The van der Waals surface area contributed by atoms with E-state index in [1.807, 2.05) is 60.7 Å². The van der Waals surface area contributed by atoms with Crippen molar-refractivity contribution in [3.05, 3.63) is 81.7 Å². The summed E-state index contributed by atoms with van der Waals surface area (Å²) in [5.41, 5.74) is 4.64. The molecule has 0 aliphatic heterocycles. The lowest BCUT2D eigenvalue weighted by atomic mass is 10.1. The second-order valence-electron chi connectivity index (χ2n) is 6.87. The van der Waals surface area contributed by atoms with E-state index in [4.69, 9.17) is 9.47 Å². The molecule has 162 valence electrons. The smallest absolute Gasteiger partial charge is 0.276 e. The number of hydrogen-bond acceptors (Lipinski definition) is 4. The summed E-state index contributed by atoms with van der Waals surface area (Å²) >= 11 is 7.02. The van der Waals surface area contributed by atoms with E-state index in [1.54, 1.807) is 12.1 Å². The molecular weight excluding hydrogens is 540 g/mol. The number of carbonyl (C=O) groups excluding carboxylic acids is 2. The molecule has 0 aliphatic rings. The van der Waals surface area contributed by atoms with Gasteiger partial charge >= 0.3 is 0 Å². The highest BCUT2D eigenvalue weighted by Gasteiger charge is 2.11. The van der Waals surface area contributed by atoms with Crippen LogP contribution in [0.5, 0.6) is 11.5 Å². The number of hydrazine groups is 1. The lowest BCUT2D eigenvalue weighted by Crippen LogP contribution is -2.45. The molecule has 4 aromatic rings. The fourth-order valence-corrected chi connectivity index (χ4v) is 4.36. The molecule has 0 unspecified atom stereocenters. The van der Waals surface area contributed by atoms with Crippen molar-refractivity contribution in [1.82, 2.24) is 10.9 Å². The van der Waals surface area contributed by atoms with E-state index < -0.39 is 11.8 Å². The molecule has 0 spiro atoms. The van der Waals surface area contributed by atoms with Crippen molar-refractivity contribution in [2.75, 3.05) is 13.2 Å². The highest BCUT2D eigenvalue weighted by atomic mass is 79.9. The van der Waals surface area contributed by atoms with Crippen LogP contribution in [0.15, 0.2) is 81.7 Å². The first-order valence-corrected chi connectivity index (χ1v) is 11.3. The minimum absolute atomic E-state index is 0.256. The number of halogens is 2. The van der Waals surface area contributed by atoms with Crippen molar-refractivity contribution in [3.8, 4) is 11.5 Å². The number of rotatable bonds is 6. The van der Waals surface area contributed by atoms with E-state index in [9.17, 15) is 9.59 Å². The Labute approximate surface area is 201 Å². The van der Waals surface area contributed by atoms with E-state index in [2.05, 4.69) is 42.7 Å². The van der Waals surface area contributed by atoms with Crippen LogP contribution in [0, 0.1) is 0 Å². The second kappa shape index (κ2) is 10.0. The third kappa shape index (κ3) is 5.03. The number of carbonyl (C=O) groups is 2. The summed E-state index contributed by atoms with van der Waals surface area (Å²) in [4.78, 5) is 24.1. The highest BCUT2D eigenvalue weighted by Crippen LogP contribution is 2.34. The summed E-state index contributed by atoms with van der Waals surface area (Å²) in [5.74, 6) is 0.0833. The second-order valence-corrected chi connectivity index (χ2v) is 8.46. The van der Waals surface area contributed by atoms with Crippen LogP contribution in [-0.4, -0.2) is 25.0 Å². The van der Waals surface area contributed by atoms with Crippen LogP contribution in [0.4, 0.5) is 0 Å². The Balaban J connectivity index is 1.26. The number of nitrogens with one attached hydrogen (secondary N) is 2. The van der Waals surface area contributed by atoms with Crippen LogP contribution in [0.1, 0.15) is 0 Å². The van der Waals surface area contributed by atoms with Crippen LogP contribution in [0.2, 0.25) is 0 Å². The van der Waals surface area contributed by atoms with Crippen molar-refractivity contribution in [3.63, 3.8) is 0 Å². The number of hydrogen-bond donors (Lipinski definition) is 2. The molecular formula is C24H18Br2N2O4. The summed E-state index contributed by atoms with van der Waals surface area (Å²) in [6, 6.07) is 23.1. The molecule has 32 heavy (non-hydrogen) atoms. The first-order chi connectivity index (χ1) is 15.5. The molecule has 8 heteroatoms. The predicted octanol–water partition coefficient (Wildman–Crippen LogP) is 5.12. The van der Waals surface area contributed by atoms with Gasteiger partial charge in [0.25, 0.3) is 11.8 Å². The van der Waals surface area contributed by atoms with Gasteiger partial charge in [-0.1, -0.05) is 60.7 Å². The number of fused-ring (bicyclic) bond motifs is 2. The van der Waals surface area contributed by atoms with Gasteiger partial charge in [0.2, 0.25) is 0 Å². The highest BCUT2D eigenvalue weighted by molar-refractivity contribution is 9.11. The predicted molar refractivity (Wildman–Crippen MR) is 131 cm³/mol. The molecule has 0 saturated carbocycles. The number of benzene rings is 4. The zero-order chi connectivity index (χ0) is 22.5. The summed E-state index contributed by atoms with van der Waals surface area (Å²) in [5, 5.41) is 4.08. The molecule has 2 N–H and O–H groups in total. The topological polar surface area (TPSA) is 76.7 Å². The monoisotopic (exact) mass is 556 g/mol. The van der Waals surface area contributed by atoms with Crippen molar-refractivity contribution >= 4 is 65.2 Å². The fraction of sp³-hybridized carbons (Fsp3) is 0.0833. The van der Waals surface area contributed by atoms with Gasteiger partial charge in [-0.05, 0) is 65.5 Å². The van der Waals surface area contributed by atoms with Crippen LogP contribution >= 0.6 is 31.9 Å². The van der Waals surface area contributed by atoms with Crippen LogP contribution < -0.4 is 20.3 Å². The number of amides is 2. The minimum Gasteiger partial charge on any atom is -0.483 e. The van der Waals surface area contributed by atoms with Crippen LogP contribution in [0.25, 0.3) is 21.5 Å². The van der Waals surface area contributed by atoms with Gasteiger partial charge in [-0.15, -0.1) is 0 Å². The van der Waals surface area contributed by atoms with E-state index in [-0.39, 0.29) is 13.2 Å². The standard InChI is InChI=1S/C24H18Br2N2O4/c25-23-17-7-3-1-5-15(17)9-11-19(23)31-13-21(29)27-28-22(30)14-32-20-12-10-16-6-2-4-8-18(16)24(20)26/h1-12H,13-14H2,(H,27,29)(H,28,30). The van der Waals surface area contributed by atoms with Gasteiger partial charge in [0.1, 0.15) is 11.5 Å². The van der Waals surface area contributed by atoms with E-state index in [1.165, 1.54) is 0 Å². The maximum Gasteiger partial charge on any atom is 0.276 e. The van der Waals surface area contributed by atoms with E-state index in [0.717, 1.165) is 30.5 Å². The minimum atomic E-state index is -0.495. The van der Waals surface area contributed by atoms with E-state index >= 15 is 0 Å². The Morgan fingerprint density at radius 2 is 1.03 bits per heavy atom. The van der Waals surface area contributed by atoms with Gasteiger partial charge in [-0.3, -0.25) is 20.4 Å². The van der Waals surface area contributed by atoms with Gasteiger partial charge in [0.05, 0.1) is 8.95 Å². The molecule has 0 saturated heterocycles. The van der Waals surface area contributed by atoms with Crippen molar-refractivity contribution in [2.24, 2.45) is 0 Å². The zero-order valence-electron chi connectivity index (χ0n) is 16.7. The summed E-state index contributed by atoms with van der Waals surface area (Å²) < 4.78 is 12.7. The molecule has 4 rings (SSSR count). The maximum atomic E-state index is 12.1. The van der Waals surface area contributed by atoms with Crippen molar-refractivity contribution in [2.45, 2.75) is 0 Å². The lowest BCUT2D eigenvalue weighted by molar-refractivity contribution is -0.131. The molecule has 0 radical (unpaired) electrons. The first kappa shape index (κ1) is 22.1. The van der Waals surface area contributed by atoms with Gasteiger partial charge in [0, 0.05) is 0 Å². The Bertz CT molecular complexity index is 1210. The Morgan fingerprint density at radius 1 is 0.625 bits per heavy atom. The third-order valence-electron chi connectivity index (χ3n) is 4.71. The van der Waals surface area contributed by atoms with Gasteiger partial charge in [-0.2, -0.15) is 0 Å². The molecule has 0 aromatic heterocycles. The summed E-state index contributed by atoms with van der Waals surface area (Å²) in [7, 11) is 0. The average molecular weight is 558 g/mol. The molecule has 0 heterocycles. The lowest BCUT2D eigenvalue weighted by Gasteiger charge is -2.12. The summed E-state index contributed by atoms with van der Waals surface area (Å²) in [6.45, 7) is -0.511. The molecule has 6 nitrogen and oxygen atoms in total. The molecule has 0 aliphatic carbocycles. The van der Waals surface area contributed by atoms with Crippen molar-refractivity contribution < 1.29 is 19.1 Å². The SMILES string of the molecule is O=C(COc1ccc2ccccc2c1Br)NNC(=O)COc1ccc2ccccc2c1Br. The van der Waals surface area contributed by atoms with Crippen molar-refractivity contribution in [1.29, 1.82) is 0 Å². The molecule has 0 fully saturated rings. The van der Waals surface area contributed by atoms with E-state index in [0.29, 0.717) is 11.5 Å². The average Bonchev–Trinajstić information content (AvgIpc) is 2.82. The normalized spacial score (nSPS) is 10.7. The summed E-state index contributed by atoms with van der Waals surface area (Å²) in [6.07, 6.45) is 0. The number of ether oxygens (including phenoxy) is 2. The zero-order valence-corrected chi connectivity index (χ0v) is 19.9. The quantitative estimate of drug-likeness (QED) is 0.322. The van der Waals surface area contributed by atoms with Gasteiger partial charge in [-0.25, -0.2) is 0 Å². The third-order valence-corrected chi connectivity index (χ3v) is 6.35. The van der Waals surface area contributed by atoms with Gasteiger partial charge < -0.3 is 9.47 Å². The fourth-order valence-electron chi connectivity index (χ4n) is 3.15. The van der Waals surface area contributed by atoms with Crippen LogP contribution in [0.3, 0.4) is 0 Å². The molecule has 2 amide bonds. The Hall–Kier alpha value is -3.10. The molecule has 4 aromatic carbocycles. The molecule has 0 bridgehead atoms. The van der Waals surface area contributed by atoms with Crippen LogP contribution in [-0.2, 0) is 9.59 Å². The Morgan fingerprint density at radius 3 is 1.47 bits per heavy atom.